The fraction of sp³-hybridized carbons (Fsp3) is 0. The van der Waals surface area contributed by atoms with Gasteiger partial charge in [0.1, 0.15) is 11.5 Å². The van der Waals surface area contributed by atoms with E-state index >= 15 is 0 Å². The van der Waals surface area contributed by atoms with Gasteiger partial charge in [-0.2, -0.15) is 4.98 Å². The largest absolute Gasteiger partial charge is 0.457 e. The average Bonchev–Trinajstić information content (AvgIpc) is 3.45. The van der Waals surface area contributed by atoms with Crippen LogP contribution in [0, 0.1) is 0 Å². The topological polar surface area (TPSA) is 81.2 Å². The van der Waals surface area contributed by atoms with E-state index in [1.165, 1.54) is 6.08 Å². The Bertz CT molecular complexity index is 1430. The van der Waals surface area contributed by atoms with Gasteiger partial charge < -0.3 is 14.2 Å². The van der Waals surface area contributed by atoms with Crippen LogP contribution in [0.3, 0.4) is 0 Å². The van der Waals surface area contributed by atoms with Crippen molar-refractivity contribution >= 4 is 52.1 Å². The summed E-state index contributed by atoms with van der Waals surface area (Å²) in [6.45, 7) is 0. The molecule has 0 saturated carbocycles. The molecular weight excluding hydrogens is 461 g/mol. The standard InChI is InChI=1S/C25H15Cl2N3O3/c26-17-12-16(13-18(27)14-17)21-9-7-20(32-21)8-10-23(31)29-19-5-3-15(4-6-19)25-30-24-22(33-25)2-1-11-28-24/h1-14H,(H,29,31)/b10-8+. The van der Waals surface area contributed by atoms with Gasteiger partial charge in [-0.05, 0) is 72.8 Å². The number of nitrogens with zero attached hydrogens (tertiary/aromatic N) is 2. The molecule has 0 bridgehead atoms. The summed E-state index contributed by atoms with van der Waals surface area (Å²) in [4.78, 5) is 20.8. The zero-order valence-corrected chi connectivity index (χ0v) is 18.5. The van der Waals surface area contributed by atoms with Gasteiger partial charge >= 0.3 is 0 Å². The molecule has 162 valence electrons. The number of fused-ring (bicyclic) bond motifs is 1. The molecule has 0 saturated heterocycles. The number of halogens is 2. The predicted octanol–water partition coefficient (Wildman–Crippen LogP) is 7.11. The van der Waals surface area contributed by atoms with Gasteiger partial charge in [0.25, 0.3) is 0 Å². The van der Waals surface area contributed by atoms with E-state index in [2.05, 4.69) is 15.3 Å². The van der Waals surface area contributed by atoms with Crippen molar-refractivity contribution in [3.05, 3.63) is 94.8 Å². The first-order chi connectivity index (χ1) is 16.0. The van der Waals surface area contributed by atoms with E-state index in [4.69, 9.17) is 32.0 Å². The van der Waals surface area contributed by atoms with Gasteiger partial charge in [0.2, 0.25) is 11.8 Å². The molecule has 6 nitrogen and oxygen atoms in total. The molecule has 5 aromatic rings. The molecule has 0 atom stereocenters. The van der Waals surface area contributed by atoms with Gasteiger partial charge in [-0.1, -0.05) is 23.2 Å². The Kier molecular flexibility index (Phi) is 5.69. The molecule has 0 aliphatic rings. The highest BCUT2D eigenvalue weighted by atomic mass is 35.5. The number of hydrogen-bond donors (Lipinski definition) is 1. The van der Waals surface area contributed by atoms with Crippen molar-refractivity contribution in [3.8, 4) is 22.8 Å². The normalized spacial score (nSPS) is 11.3. The number of oxazole rings is 1. The van der Waals surface area contributed by atoms with Crippen molar-refractivity contribution in [2.75, 3.05) is 5.32 Å². The first-order valence-corrected chi connectivity index (χ1v) is 10.7. The SMILES string of the molecule is O=C(/C=C/c1ccc(-c2cc(Cl)cc(Cl)c2)o1)Nc1ccc(-c2nc3ncccc3o2)cc1. The monoisotopic (exact) mass is 475 g/mol. The van der Waals surface area contributed by atoms with Crippen molar-refractivity contribution in [2.24, 2.45) is 0 Å². The third-order valence-corrected chi connectivity index (χ3v) is 5.17. The van der Waals surface area contributed by atoms with E-state index in [0.717, 1.165) is 11.1 Å². The summed E-state index contributed by atoms with van der Waals surface area (Å²) < 4.78 is 11.5. The van der Waals surface area contributed by atoms with E-state index in [-0.39, 0.29) is 5.91 Å². The summed E-state index contributed by atoms with van der Waals surface area (Å²) in [6.07, 6.45) is 4.65. The molecule has 1 amide bonds. The molecule has 3 aromatic heterocycles. The molecule has 33 heavy (non-hydrogen) atoms. The Morgan fingerprint density at radius 3 is 2.45 bits per heavy atom. The number of carbonyl (C=O) groups is 1. The Balaban J connectivity index is 1.24. The highest BCUT2D eigenvalue weighted by Gasteiger charge is 2.09. The molecule has 0 fully saturated rings. The number of amides is 1. The van der Waals surface area contributed by atoms with Crippen molar-refractivity contribution in [2.45, 2.75) is 0 Å². The first kappa shape index (κ1) is 21.0. The molecule has 5 rings (SSSR count). The van der Waals surface area contributed by atoms with Gasteiger partial charge in [-0.25, -0.2) is 4.98 Å². The van der Waals surface area contributed by atoms with Crippen LogP contribution >= 0.6 is 23.2 Å². The number of furan rings is 1. The summed E-state index contributed by atoms with van der Waals surface area (Å²) in [5.74, 6) is 1.30. The lowest BCUT2D eigenvalue weighted by molar-refractivity contribution is -0.111. The predicted molar refractivity (Wildman–Crippen MR) is 129 cm³/mol. The van der Waals surface area contributed by atoms with Crippen molar-refractivity contribution < 1.29 is 13.6 Å². The molecule has 8 heteroatoms. The van der Waals surface area contributed by atoms with Crippen LogP contribution in [-0.4, -0.2) is 15.9 Å². The number of anilines is 1. The third-order valence-electron chi connectivity index (χ3n) is 4.74. The molecular formula is C25H15Cl2N3O3. The summed E-state index contributed by atoms with van der Waals surface area (Å²) in [6, 6.07) is 19.5. The van der Waals surface area contributed by atoms with E-state index in [1.807, 2.05) is 18.2 Å². The summed E-state index contributed by atoms with van der Waals surface area (Å²) in [5, 5.41) is 3.84. The maximum atomic E-state index is 12.3. The maximum absolute atomic E-state index is 12.3. The molecule has 0 unspecified atom stereocenters. The van der Waals surface area contributed by atoms with Gasteiger partial charge in [0, 0.05) is 39.1 Å². The van der Waals surface area contributed by atoms with E-state index in [0.29, 0.717) is 44.4 Å². The quantitative estimate of drug-likeness (QED) is 0.274. The second-order valence-corrected chi connectivity index (χ2v) is 7.98. The molecule has 0 aliphatic heterocycles. The van der Waals surface area contributed by atoms with Gasteiger partial charge in [0.05, 0.1) is 0 Å². The lowest BCUT2D eigenvalue weighted by atomic mass is 10.2. The van der Waals surface area contributed by atoms with Crippen molar-refractivity contribution in [1.29, 1.82) is 0 Å². The van der Waals surface area contributed by atoms with E-state index < -0.39 is 0 Å². The van der Waals surface area contributed by atoms with Crippen molar-refractivity contribution in [1.82, 2.24) is 9.97 Å². The van der Waals surface area contributed by atoms with Gasteiger partial charge in [0.15, 0.2) is 11.2 Å². The number of nitrogens with one attached hydrogen (secondary N) is 1. The minimum atomic E-state index is -0.294. The zero-order chi connectivity index (χ0) is 22.8. The highest BCUT2D eigenvalue weighted by Crippen LogP contribution is 2.29. The molecule has 0 aliphatic carbocycles. The molecule has 0 spiro atoms. The van der Waals surface area contributed by atoms with Crippen LogP contribution in [0.4, 0.5) is 5.69 Å². The van der Waals surface area contributed by atoms with Gasteiger partial charge in [-0.3, -0.25) is 4.79 Å². The Hall–Kier alpha value is -3.87. The number of rotatable bonds is 5. The summed E-state index contributed by atoms with van der Waals surface area (Å²) >= 11 is 12.1. The minimum absolute atomic E-state index is 0.294. The van der Waals surface area contributed by atoms with Crippen LogP contribution in [0.5, 0.6) is 0 Å². The van der Waals surface area contributed by atoms with E-state index in [9.17, 15) is 4.79 Å². The number of carbonyl (C=O) groups excluding carboxylic acids is 1. The lowest BCUT2D eigenvalue weighted by Crippen LogP contribution is -2.07. The zero-order valence-electron chi connectivity index (χ0n) is 17.0. The van der Waals surface area contributed by atoms with Crippen LogP contribution in [-0.2, 0) is 4.79 Å². The average molecular weight is 476 g/mol. The first-order valence-electron chi connectivity index (χ1n) is 9.91. The highest BCUT2D eigenvalue weighted by molar-refractivity contribution is 6.35. The molecule has 0 radical (unpaired) electrons. The number of pyridine rings is 1. The molecule has 2 aromatic carbocycles. The maximum Gasteiger partial charge on any atom is 0.248 e. The fourth-order valence-electron chi connectivity index (χ4n) is 3.22. The molecule has 1 N–H and O–H groups in total. The van der Waals surface area contributed by atoms with Crippen LogP contribution in [0.2, 0.25) is 10.0 Å². The summed E-state index contributed by atoms with van der Waals surface area (Å²) in [5.41, 5.74) is 3.35. The Morgan fingerprint density at radius 1 is 0.909 bits per heavy atom. The number of hydrogen-bond acceptors (Lipinski definition) is 5. The van der Waals surface area contributed by atoms with E-state index in [1.54, 1.807) is 60.8 Å². The second-order valence-electron chi connectivity index (χ2n) is 7.10. The smallest absolute Gasteiger partial charge is 0.248 e. The Morgan fingerprint density at radius 2 is 1.70 bits per heavy atom. The number of aromatic nitrogens is 2. The molecule has 3 heterocycles. The lowest BCUT2D eigenvalue weighted by Gasteiger charge is -2.02. The fourth-order valence-corrected chi connectivity index (χ4v) is 3.75. The third kappa shape index (κ3) is 4.82. The van der Waals surface area contributed by atoms with Crippen LogP contribution < -0.4 is 5.32 Å². The summed E-state index contributed by atoms with van der Waals surface area (Å²) in [7, 11) is 0. The van der Waals surface area contributed by atoms with Gasteiger partial charge in [-0.15, -0.1) is 0 Å². The minimum Gasteiger partial charge on any atom is -0.457 e. The second kappa shape index (κ2) is 8.94. The van der Waals surface area contributed by atoms with Crippen LogP contribution in [0.25, 0.3) is 40.1 Å². The number of benzene rings is 2. The Labute approximate surface area is 198 Å². The van der Waals surface area contributed by atoms with Crippen molar-refractivity contribution in [3.63, 3.8) is 0 Å². The van der Waals surface area contributed by atoms with Crippen LogP contribution in [0.15, 0.2) is 87.8 Å². The van der Waals surface area contributed by atoms with Crippen LogP contribution in [0.1, 0.15) is 5.76 Å².